The van der Waals surface area contributed by atoms with Crippen molar-refractivity contribution in [3.63, 3.8) is 0 Å². The predicted octanol–water partition coefficient (Wildman–Crippen LogP) is 10.5. The number of carbonyl (C=O) groups excluding carboxylic acids is 2. The molecule has 0 radical (unpaired) electrons. The van der Waals surface area contributed by atoms with Crippen LogP contribution in [0.2, 0.25) is 0 Å². The Bertz CT molecular complexity index is 1700. The largest absolute Gasteiger partial charge is 0.481 e. The summed E-state index contributed by atoms with van der Waals surface area (Å²) in [5.41, 5.74) is 2.08. The minimum absolute atomic E-state index is 0.0154. The highest BCUT2D eigenvalue weighted by atomic mass is 16.5. The maximum Gasteiger partial charge on any atom is 0.306 e. The van der Waals surface area contributed by atoms with Gasteiger partial charge < -0.3 is 20.1 Å². The number of nitrogens with one attached hydrogen (secondary N) is 1. The fraction of sp³-hybridized carbons (Fsp3) is 0.796. The third-order valence-corrected chi connectivity index (χ3v) is 18.2. The van der Waals surface area contributed by atoms with E-state index >= 15 is 0 Å². The van der Waals surface area contributed by atoms with Crippen molar-refractivity contribution in [1.29, 1.82) is 0 Å². The second-order valence-corrected chi connectivity index (χ2v) is 22.3. The molecule has 0 aromatic carbocycles. The number of aromatic nitrogens is 1. The molecule has 2 N–H and O–H groups in total. The zero-order chi connectivity index (χ0) is 41.2. The summed E-state index contributed by atoms with van der Waals surface area (Å²) < 4.78 is 6.30. The standard InChI is InChI=1S/C49H75N3O5/c1-32(2)34-17-22-49(27-40(53)51-31-33-13-16-39(50-30-33)52-25-11-10-12-26-52)24-23-47(8)35(43(34)49)14-15-37-46(7)20-19-38(45(5,6)36(46)18-21-48(37,47)9)57-42(56)29-44(3,4)28-41(54)55/h13,16,30,34-38,43H,1,10-12,14-15,17-29,31H2,2-9H3,(H,51,53)(H,54,55)/t34-,35+,36-,37+,38-,43+,46-,47+,48+,49+/m0/s1. The van der Waals surface area contributed by atoms with E-state index in [4.69, 9.17) is 9.72 Å². The van der Waals surface area contributed by atoms with Gasteiger partial charge in [0.25, 0.3) is 0 Å². The number of allylic oxidation sites excluding steroid dienone is 1. The molecule has 6 aliphatic rings. The molecule has 5 aliphatic carbocycles. The molecule has 8 nitrogen and oxygen atoms in total. The average Bonchev–Trinajstić information content (AvgIpc) is 3.51. The van der Waals surface area contributed by atoms with E-state index in [1.54, 1.807) is 0 Å². The number of pyridine rings is 1. The Morgan fingerprint density at radius 2 is 1.63 bits per heavy atom. The molecule has 6 fully saturated rings. The quantitative estimate of drug-likeness (QED) is 0.170. The van der Waals surface area contributed by atoms with Crippen molar-refractivity contribution in [2.24, 2.45) is 62.1 Å². The van der Waals surface area contributed by atoms with Crippen molar-refractivity contribution >= 4 is 23.7 Å². The number of amides is 1. The number of nitrogens with zero attached hydrogens (tertiary/aromatic N) is 2. The van der Waals surface area contributed by atoms with Crippen molar-refractivity contribution < 1.29 is 24.2 Å². The van der Waals surface area contributed by atoms with Gasteiger partial charge in [-0.25, -0.2) is 4.98 Å². The van der Waals surface area contributed by atoms with Crippen LogP contribution in [0.25, 0.3) is 0 Å². The van der Waals surface area contributed by atoms with Crippen LogP contribution >= 0.6 is 0 Å². The first kappa shape index (κ1) is 42.2. The van der Waals surface area contributed by atoms with Gasteiger partial charge in [0, 0.05) is 37.7 Å². The van der Waals surface area contributed by atoms with Gasteiger partial charge in [0.15, 0.2) is 0 Å². The van der Waals surface area contributed by atoms with Crippen LogP contribution in [0.5, 0.6) is 0 Å². The second-order valence-electron chi connectivity index (χ2n) is 22.3. The number of carboxylic acid groups (broad SMARTS) is 1. The van der Waals surface area contributed by atoms with Gasteiger partial charge in [-0.3, -0.25) is 14.4 Å². The lowest BCUT2D eigenvalue weighted by molar-refractivity contribution is -0.250. The van der Waals surface area contributed by atoms with E-state index in [-0.39, 0.29) is 57.9 Å². The fourth-order valence-corrected chi connectivity index (χ4v) is 15.3. The zero-order valence-corrected chi connectivity index (χ0v) is 36.8. The Balaban J connectivity index is 1.05. The third-order valence-electron chi connectivity index (χ3n) is 18.2. The van der Waals surface area contributed by atoms with Crippen molar-refractivity contribution in [2.75, 3.05) is 18.0 Å². The van der Waals surface area contributed by atoms with Crippen LogP contribution in [0.3, 0.4) is 0 Å². The Labute approximate surface area is 344 Å². The number of carbonyl (C=O) groups is 3. The smallest absolute Gasteiger partial charge is 0.306 e. The van der Waals surface area contributed by atoms with Crippen molar-refractivity contribution in [3.8, 4) is 0 Å². The Morgan fingerprint density at radius 1 is 0.895 bits per heavy atom. The summed E-state index contributed by atoms with van der Waals surface area (Å²) >= 11 is 0. The molecule has 5 saturated carbocycles. The number of piperidine rings is 1. The predicted molar refractivity (Wildman–Crippen MR) is 226 cm³/mol. The van der Waals surface area contributed by atoms with E-state index in [2.05, 4.69) is 70.5 Å². The number of carboxylic acids is 1. The number of esters is 1. The van der Waals surface area contributed by atoms with Gasteiger partial charge in [-0.15, -0.1) is 0 Å². The number of ether oxygens (including phenoxy) is 1. The van der Waals surface area contributed by atoms with E-state index in [9.17, 15) is 19.5 Å². The monoisotopic (exact) mass is 786 g/mol. The maximum absolute atomic E-state index is 14.0. The van der Waals surface area contributed by atoms with Crippen molar-refractivity contribution in [3.05, 3.63) is 36.0 Å². The summed E-state index contributed by atoms with van der Waals surface area (Å²) in [7, 11) is 0. The SMILES string of the molecule is C=C(C)[C@@H]1CC[C@]2(CC(=O)NCc3ccc(N4CCCCC4)nc3)CC[C@]3(C)[C@H](CC[C@@H]4[C@@]5(C)CC[C@H](OC(=O)CC(C)(C)CC(=O)O)C(C)(C)[C@@H]5CC[C@]43C)[C@@H]12. The molecular formula is C49H75N3O5. The Morgan fingerprint density at radius 3 is 2.30 bits per heavy atom. The summed E-state index contributed by atoms with van der Waals surface area (Å²) in [5.74, 6) is 2.62. The topological polar surface area (TPSA) is 109 Å². The molecule has 316 valence electrons. The first-order chi connectivity index (χ1) is 26.7. The fourth-order valence-electron chi connectivity index (χ4n) is 15.3. The van der Waals surface area contributed by atoms with Gasteiger partial charge in [-0.05, 0) is 159 Å². The summed E-state index contributed by atoms with van der Waals surface area (Å²) in [6.07, 6.45) is 17.4. The minimum atomic E-state index is -0.884. The summed E-state index contributed by atoms with van der Waals surface area (Å²) in [6.45, 7) is 25.8. The van der Waals surface area contributed by atoms with E-state index in [0.29, 0.717) is 42.6 Å². The molecule has 0 unspecified atom stereocenters. The molecule has 0 bridgehead atoms. The molecule has 1 aromatic rings. The molecule has 1 amide bonds. The molecule has 2 heterocycles. The number of anilines is 1. The van der Waals surface area contributed by atoms with E-state index in [1.807, 2.05) is 20.0 Å². The summed E-state index contributed by atoms with van der Waals surface area (Å²) in [6, 6.07) is 4.26. The molecule has 7 rings (SSSR count). The highest BCUT2D eigenvalue weighted by Crippen LogP contribution is 2.78. The van der Waals surface area contributed by atoms with E-state index in [0.717, 1.165) is 63.0 Å². The lowest BCUT2D eigenvalue weighted by Gasteiger charge is -2.73. The third kappa shape index (κ3) is 7.49. The molecule has 0 spiro atoms. The van der Waals surface area contributed by atoms with Crippen LogP contribution in [0, 0.1) is 62.1 Å². The molecule has 1 saturated heterocycles. The van der Waals surface area contributed by atoms with Crippen LogP contribution in [-0.2, 0) is 25.7 Å². The number of aliphatic carboxylic acids is 1. The average molecular weight is 786 g/mol. The Kier molecular flexibility index (Phi) is 11.3. The first-order valence-corrected chi connectivity index (χ1v) is 22.8. The van der Waals surface area contributed by atoms with Gasteiger partial charge in [0.2, 0.25) is 5.91 Å². The van der Waals surface area contributed by atoms with Gasteiger partial charge in [0.1, 0.15) is 11.9 Å². The van der Waals surface area contributed by atoms with Crippen LogP contribution in [0.4, 0.5) is 5.82 Å². The molecular weight excluding hydrogens is 711 g/mol. The number of rotatable bonds is 11. The van der Waals surface area contributed by atoms with Crippen LogP contribution < -0.4 is 10.2 Å². The molecule has 57 heavy (non-hydrogen) atoms. The van der Waals surface area contributed by atoms with Crippen LogP contribution in [-0.4, -0.2) is 47.1 Å². The lowest BCUT2D eigenvalue weighted by Crippen LogP contribution is -2.67. The zero-order valence-electron chi connectivity index (χ0n) is 36.8. The normalized spacial score (nSPS) is 38.5. The van der Waals surface area contributed by atoms with E-state index in [1.165, 1.54) is 50.5 Å². The van der Waals surface area contributed by atoms with Crippen molar-refractivity contribution in [1.82, 2.24) is 10.3 Å². The minimum Gasteiger partial charge on any atom is -0.481 e. The molecule has 1 aromatic heterocycles. The highest BCUT2D eigenvalue weighted by Gasteiger charge is 2.71. The van der Waals surface area contributed by atoms with Crippen LogP contribution in [0.1, 0.15) is 164 Å². The van der Waals surface area contributed by atoms with Gasteiger partial charge >= 0.3 is 11.9 Å². The van der Waals surface area contributed by atoms with E-state index < -0.39 is 11.4 Å². The van der Waals surface area contributed by atoms with Crippen molar-refractivity contribution in [2.45, 2.75) is 171 Å². The Hall–Kier alpha value is -2.90. The molecule has 10 atom stereocenters. The lowest BCUT2D eigenvalue weighted by atomic mass is 9.32. The molecule has 8 heteroatoms. The summed E-state index contributed by atoms with van der Waals surface area (Å²) in [4.78, 5) is 45.9. The van der Waals surface area contributed by atoms with Crippen LogP contribution in [0.15, 0.2) is 30.5 Å². The van der Waals surface area contributed by atoms with Gasteiger partial charge in [-0.1, -0.05) is 66.7 Å². The molecule has 1 aliphatic heterocycles. The van der Waals surface area contributed by atoms with Gasteiger partial charge in [-0.2, -0.15) is 0 Å². The number of hydrogen-bond donors (Lipinski definition) is 2. The second kappa shape index (κ2) is 15.3. The van der Waals surface area contributed by atoms with Gasteiger partial charge in [0.05, 0.1) is 12.8 Å². The number of fused-ring (bicyclic) bond motifs is 7. The summed E-state index contributed by atoms with van der Waals surface area (Å²) in [5, 5.41) is 12.7. The number of hydrogen-bond acceptors (Lipinski definition) is 6. The first-order valence-electron chi connectivity index (χ1n) is 22.8. The highest BCUT2D eigenvalue weighted by molar-refractivity contribution is 5.77. The maximum atomic E-state index is 14.0.